The molecule has 174 valence electrons. The largest absolute Gasteiger partial charge is 0.493 e. The maximum atomic E-state index is 13.4. The van der Waals surface area contributed by atoms with Crippen LogP contribution in [0.4, 0.5) is 18.9 Å². The molecule has 0 saturated carbocycles. The average molecular weight is 478 g/mol. The van der Waals surface area contributed by atoms with Crippen molar-refractivity contribution in [3.05, 3.63) is 87.4 Å². The first-order chi connectivity index (χ1) is 15.6. The lowest BCUT2D eigenvalue weighted by atomic mass is 10.1. The fourth-order valence-electron chi connectivity index (χ4n) is 3.15. The van der Waals surface area contributed by atoms with Gasteiger partial charge in [-0.2, -0.15) is 13.2 Å². The highest BCUT2D eigenvalue weighted by Crippen LogP contribution is 2.36. The number of amides is 1. The van der Waals surface area contributed by atoms with E-state index >= 15 is 0 Å². The Bertz CT molecular complexity index is 1160. The molecule has 3 aromatic rings. The molecule has 3 rings (SSSR count). The number of benzene rings is 3. The van der Waals surface area contributed by atoms with Crippen molar-refractivity contribution in [2.45, 2.75) is 33.6 Å². The molecule has 0 aromatic heterocycles. The molecule has 1 amide bonds. The SMILES string of the molecule is CCOc1ccc(C(=O)Nc2ccc(Cl)cc2C(F)(F)F)cc1COc1ccc(C)c(C)c1. The van der Waals surface area contributed by atoms with Gasteiger partial charge >= 0.3 is 6.18 Å². The number of ether oxygens (including phenoxy) is 2. The molecule has 0 heterocycles. The van der Waals surface area contributed by atoms with Gasteiger partial charge in [-0.15, -0.1) is 0 Å². The van der Waals surface area contributed by atoms with Gasteiger partial charge in [-0.25, -0.2) is 0 Å². The molecule has 4 nitrogen and oxygen atoms in total. The van der Waals surface area contributed by atoms with Gasteiger partial charge in [0.2, 0.25) is 0 Å². The molecule has 0 unspecified atom stereocenters. The minimum Gasteiger partial charge on any atom is -0.493 e. The summed E-state index contributed by atoms with van der Waals surface area (Å²) in [6.45, 7) is 6.33. The van der Waals surface area contributed by atoms with Crippen molar-refractivity contribution in [3.63, 3.8) is 0 Å². The highest BCUT2D eigenvalue weighted by atomic mass is 35.5. The van der Waals surface area contributed by atoms with E-state index < -0.39 is 17.6 Å². The van der Waals surface area contributed by atoms with E-state index in [2.05, 4.69) is 5.32 Å². The molecule has 0 fully saturated rings. The van der Waals surface area contributed by atoms with E-state index in [9.17, 15) is 18.0 Å². The summed E-state index contributed by atoms with van der Waals surface area (Å²) in [4.78, 5) is 12.8. The van der Waals surface area contributed by atoms with Gasteiger partial charge in [0, 0.05) is 16.1 Å². The molecule has 0 spiro atoms. The molecule has 33 heavy (non-hydrogen) atoms. The Hall–Kier alpha value is -3.19. The lowest BCUT2D eigenvalue weighted by Gasteiger charge is -2.16. The summed E-state index contributed by atoms with van der Waals surface area (Å²) in [7, 11) is 0. The van der Waals surface area contributed by atoms with E-state index in [1.54, 1.807) is 12.1 Å². The van der Waals surface area contributed by atoms with Crippen LogP contribution in [0.3, 0.4) is 0 Å². The van der Waals surface area contributed by atoms with E-state index in [0.717, 1.165) is 23.3 Å². The highest BCUT2D eigenvalue weighted by molar-refractivity contribution is 6.30. The number of rotatable bonds is 7. The Morgan fingerprint density at radius 3 is 2.39 bits per heavy atom. The number of halogens is 4. The van der Waals surface area contributed by atoms with Gasteiger partial charge in [0.05, 0.1) is 17.9 Å². The molecule has 1 N–H and O–H groups in total. The summed E-state index contributed by atoms with van der Waals surface area (Å²) < 4.78 is 51.6. The minimum absolute atomic E-state index is 0.0767. The third kappa shape index (κ3) is 6.20. The lowest BCUT2D eigenvalue weighted by molar-refractivity contribution is -0.136. The van der Waals surface area contributed by atoms with Crippen LogP contribution in [0.1, 0.15) is 39.5 Å². The number of hydrogen-bond donors (Lipinski definition) is 1. The Morgan fingerprint density at radius 2 is 1.73 bits per heavy atom. The van der Waals surface area contributed by atoms with Crippen molar-refractivity contribution in [2.24, 2.45) is 0 Å². The third-order valence-electron chi connectivity index (χ3n) is 5.03. The van der Waals surface area contributed by atoms with Crippen LogP contribution in [0.15, 0.2) is 54.6 Å². The number of hydrogen-bond acceptors (Lipinski definition) is 3. The molecule has 8 heteroatoms. The molecule has 0 aliphatic heterocycles. The van der Waals surface area contributed by atoms with Crippen LogP contribution >= 0.6 is 11.6 Å². The Balaban J connectivity index is 1.85. The average Bonchev–Trinajstić information content (AvgIpc) is 2.76. The molecule has 0 saturated heterocycles. The first-order valence-corrected chi connectivity index (χ1v) is 10.6. The molecule has 0 aliphatic carbocycles. The van der Waals surface area contributed by atoms with E-state index in [-0.39, 0.29) is 22.9 Å². The molecule has 0 atom stereocenters. The maximum Gasteiger partial charge on any atom is 0.418 e. The minimum atomic E-state index is -4.67. The number of carbonyl (C=O) groups is 1. The Morgan fingerprint density at radius 1 is 0.970 bits per heavy atom. The molecular weight excluding hydrogens is 455 g/mol. The third-order valence-corrected chi connectivity index (χ3v) is 5.27. The Kier molecular flexibility index (Phi) is 7.53. The van der Waals surface area contributed by atoms with Crippen molar-refractivity contribution in [3.8, 4) is 11.5 Å². The lowest BCUT2D eigenvalue weighted by Crippen LogP contribution is -2.17. The number of nitrogens with one attached hydrogen (secondary N) is 1. The topological polar surface area (TPSA) is 47.6 Å². The monoisotopic (exact) mass is 477 g/mol. The van der Waals surface area contributed by atoms with Gasteiger partial charge in [-0.3, -0.25) is 4.79 Å². The molecule has 0 aliphatic rings. The van der Waals surface area contributed by atoms with Gasteiger partial charge in [-0.1, -0.05) is 17.7 Å². The second-order valence-electron chi connectivity index (χ2n) is 7.43. The molecule has 3 aromatic carbocycles. The standard InChI is InChI=1S/C25H23ClF3NO3/c1-4-32-23-10-6-17(12-18(23)14-33-20-8-5-15(2)16(3)11-20)24(31)30-22-9-7-19(26)13-21(22)25(27,28)29/h5-13H,4,14H2,1-3H3,(H,30,31). The first-order valence-electron chi connectivity index (χ1n) is 10.2. The fourth-order valence-corrected chi connectivity index (χ4v) is 3.32. The van der Waals surface area contributed by atoms with Gasteiger partial charge in [0.15, 0.2) is 0 Å². The first kappa shape index (κ1) is 24.5. The number of alkyl halides is 3. The van der Waals surface area contributed by atoms with Gasteiger partial charge in [0.1, 0.15) is 18.1 Å². The van der Waals surface area contributed by atoms with Crippen molar-refractivity contribution in [2.75, 3.05) is 11.9 Å². The fraction of sp³-hybridized carbons (Fsp3) is 0.240. The van der Waals surface area contributed by atoms with Gasteiger partial charge < -0.3 is 14.8 Å². The van der Waals surface area contributed by atoms with Crippen molar-refractivity contribution < 1.29 is 27.4 Å². The van der Waals surface area contributed by atoms with Crippen LogP contribution in [0.25, 0.3) is 0 Å². The van der Waals surface area contributed by atoms with Crippen LogP contribution in [0.2, 0.25) is 5.02 Å². The van der Waals surface area contributed by atoms with Crippen LogP contribution in [-0.4, -0.2) is 12.5 Å². The summed E-state index contributed by atoms with van der Waals surface area (Å²) >= 11 is 5.71. The second kappa shape index (κ2) is 10.2. The van der Waals surface area contributed by atoms with E-state index in [4.69, 9.17) is 21.1 Å². The Labute approximate surface area is 195 Å². The predicted octanol–water partition coefficient (Wildman–Crippen LogP) is 7.21. The van der Waals surface area contributed by atoms with Gasteiger partial charge in [0.25, 0.3) is 5.91 Å². The van der Waals surface area contributed by atoms with Crippen molar-refractivity contribution in [1.82, 2.24) is 0 Å². The normalized spacial score (nSPS) is 11.2. The van der Waals surface area contributed by atoms with E-state index in [1.807, 2.05) is 39.0 Å². The van der Waals surface area contributed by atoms with E-state index in [1.165, 1.54) is 12.1 Å². The van der Waals surface area contributed by atoms with Crippen LogP contribution < -0.4 is 14.8 Å². The zero-order chi connectivity index (χ0) is 24.2. The zero-order valence-electron chi connectivity index (χ0n) is 18.3. The zero-order valence-corrected chi connectivity index (χ0v) is 19.1. The summed E-state index contributed by atoms with van der Waals surface area (Å²) in [5, 5.41) is 2.25. The van der Waals surface area contributed by atoms with E-state index in [0.29, 0.717) is 23.7 Å². The smallest absolute Gasteiger partial charge is 0.418 e. The molecule has 0 radical (unpaired) electrons. The predicted molar refractivity (Wildman–Crippen MR) is 122 cm³/mol. The van der Waals surface area contributed by atoms with Crippen LogP contribution in [0, 0.1) is 13.8 Å². The highest BCUT2D eigenvalue weighted by Gasteiger charge is 2.34. The molecule has 0 bridgehead atoms. The van der Waals surface area contributed by atoms with Crippen LogP contribution in [-0.2, 0) is 12.8 Å². The number of anilines is 1. The summed E-state index contributed by atoms with van der Waals surface area (Å²) in [5.74, 6) is 0.491. The van der Waals surface area contributed by atoms with Crippen molar-refractivity contribution >= 4 is 23.2 Å². The quantitative estimate of drug-likeness (QED) is 0.391. The van der Waals surface area contributed by atoms with Crippen LogP contribution in [0.5, 0.6) is 11.5 Å². The summed E-state index contributed by atoms with van der Waals surface area (Å²) in [6, 6.07) is 13.5. The summed E-state index contributed by atoms with van der Waals surface area (Å²) in [5.41, 5.74) is 1.58. The molecular formula is C25H23ClF3NO3. The number of aryl methyl sites for hydroxylation is 2. The van der Waals surface area contributed by atoms with Crippen molar-refractivity contribution in [1.29, 1.82) is 0 Å². The second-order valence-corrected chi connectivity index (χ2v) is 7.87. The van der Waals surface area contributed by atoms with Gasteiger partial charge in [-0.05, 0) is 80.4 Å². The maximum absolute atomic E-state index is 13.4. The summed E-state index contributed by atoms with van der Waals surface area (Å²) in [6.07, 6.45) is -4.67. The number of carbonyl (C=O) groups excluding carboxylic acids is 1.